The van der Waals surface area contributed by atoms with Gasteiger partial charge in [0, 0.05) is 19.7 Å². The highest BCUT2D eigenvalue weighted by Crippen LogP contribution is 2.25. The second-order valence-corrected chi connectivity index (χ2v) is 8.97. The molecule has 0 radical (unpaired) electrons. The third kappa shape index (κ3) is 3.51. The monoisotopic (exact) mass is 388 g/mol. The van der Waals surface area contributed by atoms with Crippen molar-refractivity contribution in [1.29, 1.82) is 0 Å². The predicted octanol–water partition coefficient (Wildman–Crippen LogP) is 1.77. The van der Waals surface area contributed by atoms with Crippen LogP contribution in [-0.4, -0.2) is 36.7 Å². The first kappa shape index (κ1) is 18.2. The third-order valence-corrected chi connectivity index (χ3v) is 6.91. The van der Waals surface area contributed by atoms with E-state index in [2.05, 4.69) is 9.82 Å². The van der Waals surface area contributed by atoms with Crippen LogP contribution in [0.4, 0.5) is 5.82 Å². The minimum Gasteiger partial charge on any atom is -0.296 e. The molecule has 0 spiro atoms. The number of aryl methyl sites for hydroxylation is 3. The zero-order chi connectivity index (χ0) is 19.0. The summed E-state index contributed by atoms with van der Waals surface area (Å²) in [5.41, 5.74) is 2.34. The van der Waals surface area contributed by atoms with Crippen molar-refractivity contribution in [3.63, 3.8) is 0 Å². The molecule has 2 aliphatic rings. The number of carbonyl (C=O) groups is 1. The molecule has 2 aromatic rings. The molecule has 1 saturated heterocycles. The molecule has 1 N–H and O–H groups in total. The Kier molecular flexibility index (Phi) is 4.77. The van der Waals surface area contributed by atoms with E-state index in [0.717, 1.165) is 37.7 Å². The first-order chi connectivity index (χ1) is 13.0. The minimum absolute atomic E-state index is 0.230. The molecule has 0 saturated carbocycles. The van der Waals surface area contributed by atoms with E-state index >= 15 is 0 Å². The van der Waals surface area contributed by atoms with E-state index in [-0.39, 0.29) is 10.8 Å². The lowest BCUT2D eigenvalue weighted by Crippen LogP contribution is -2.52. The molecule has 1 aromatic carbocycles. The first-order valence-corrected chi connectivity index (χ1v) is 10.9. The van der Waals surface area contributed by atoms with Gasteiger partial charge in [-0.3, -0.25) is 14.4 Å². The van der Waals surface area contributed by atoms with Crippen molar-refractivity contribution in [3.8, 4) is 0 Å². The van der Waals surface area contributed by atoms with Crippen molar-refractivity contribution in [2.75, 3.05) is 11.4 Å². The average Bonchev–Trinajstić information content (AvgIpc) is 3.08. The number of nitrogens with one attached hydrogen (secondary N) is 1. The highest BCUT2D eigenvalue weighted by Gasteiger charge is 2.34. The predicted molar refractivity (Wildman–Crippen MR) is 102 cm³/mol. The number of aromatic nitrogens is 2. The molecule has 1 amide bonds. The molecule has 27 heavy (non-hydrogen) atoms. The standard InChI is InChI=1S/C19H24N4O3S/c1-22-18(10-11-20-22)23-12-4-7-17(19(23)24)21-27(25,26)16-9-8-14-5-2-3-6-15(14)13-16/h8-11,13,17,21H,2-7,12H2,1H3/t17-/m0/s1. The number of hydrogen-bond donors (Lipinski definition) is 1. The number of benzene rings is 1. The quantitative estimate of drug-likeness (QED) is 0.865. The second-order valence-electron chi connectivity index (χ2n) is 7.26. The van der Waals surface area contributed by atoms with E-state index in [1.807, 2.05) is 6.07 Å². The Labute approximate surface area is 159 Å². The number of fused-ring (bicyclic) bond motifs is 1. The van der Waals surface area contributed by atoms with Crippen molar-refractivity contribution >= 4 is 21.7 Å². The molecule has 4 rings (SSSR count). The van der Waals surface area contributed by atoms with Gasteiger partial charge in [0.15, 0.2) is 0 Å². The van der Waals surface area contributed by atoms with Crippen LogP contribution >= 0.6 is 0 Å². The molecule has 1 aliphatic carbocycles. The van der Waals surface area contributed by atoms with Crippen molar-refractivity contribution in [2.24, 2.45) is 7.05 Å². The van der Waals surface area contributed by atoms with Gasteiger partial charge in [-0.1, -0.05) is 6.07 Å². The summed E-state index contributed by atoms with van der Waals surface area (Å²) in [4.78, 5) is 14.7. The summed E-state index contributed by atoms with van der Waals surface area (Å²) in [6, 6.07) is 6.34. The fourth-order valence-corrected chi connectivity index (χ4v) is 5.25. The highest BCUT2D eigenvalue weighted by atomic mass is 32.2. The number of carbonyl (C=O) groups excluding carboxylic acids is 1. The number of hydrogen-bond acceptors (Lipinski definition) is 4. The topological polar surface area (TPSA) is 84.3 Å². The van der Waals surface area contributed by atoms with Crippen LogP contribution < -0.4 is 9.62 Å². The van der Waals surface area contributed by atoms with Crippen molar-refractivity contribution < 1.29 is 13.2 Å². The Morgan fingerprint density at radius 3 is 2.63 bits per heavy atom. The summed E-state index contributed by atoms with van der Waals surface area (Å²) >= 11 is 0. The number of anilines is 1. The molecule has 2 heterocycles. The van der Waals surface area contributed by atoms with Crippen molar-refractivity contribution in [1.82, 2.24) is 14.5 Å². The maximum Gasteiger partial charge on any atom is 0.246 e. The second kappa shape index (κ2) is 7.09. The number of piperidine rings is 1. The summed E-state index contributed by atoms with van der Waals surface area (Å²) < 4.78 is 30.0. The van der Waals surface area contributed by atoms with Gasteiger partial charge in [0.2, 0.25) is 15.9 Å². The van der Waals surface area contributed by atoms with E-state index in [9.17, 15) is 13.2 Å². The van der Waals surface area contributed by atoms with Crippen LogP contribution in [0, 0.1) is 0 Å². The Balaban J connectivity index is 1.55. The molecule has 1 atom stereocenters. The average molecular weight is 388 g/mol. The van der Waals surface area contributed by atoms with Gasteiger partial charge in [-0.25, -0.2) is 8.42 Å². The van der Waals surface area contributed by atoms with Crippen LogP contribution in [0.1, 0.15) is 36.8 Å². The van der Waals surface area contributed by atoms with E-state index in [4.69, 9.17) is 0 Å². The van der Waals surface area contributed by atoms with Gasteiger partial charge in [0.25, 0.3) is 0 Å². The van der Waals surface area contributed by atoms with Crippen LogP contribution in [-0.2, 0) is 34.7 Å². The smallest absolute Gasteiger partial charge is 0.246 e. The van der Waals surface area contributed by atoms with Crippen LogP contribution in [0.2, 0.25) is 0 Å². The van der Waals surface area contributed by atoms with E-state index in [1.54, 1.807) is 41.0 Å². The van der Waals surface area contributed by atoms with E-state index < -0.39 is 16.1 Å². The Morgan fingerprint density at radius 2 is 1.89 bits per heavy atom. The molecular formula is C19H24N4O3S. The maximum atomic E-state index is 12.9. The number of sulfonamides is 1. The van der Waals surface area contributed by atoms with Crippen LogP contribution in [0.5, 0.6) is 0 Å². The summed E-state index contributed by atoms with van der Waals surface area (Å²) in [6.07, 6.45) is 7.01. The minimum atomic E-state index is -3.75. The van der Waals surface area contributed by atoms with Crippen LogP contribution in [0.3, 0.4) is 0 Å². The Bertz CT molecular complexity index is 967. The molecule has 1 aromatic heterocycles. The lowest BCUT2D eigenvalue weighted by Gasteiger charge is -2.32. The SMILES string of the molecule is Cn1nccc1N1CCC[C@H](NS(=O)(=O)c2ccc3c(c2)CCCC3)C1=O. The number of nitrogens with zero attached hydrogens (tertiary/aromatic N) is 3. The van der Waals surface area contributed by atoms with Gasteiger partial charge in [0.05, 0.1) is 11.1 Å². The molecule has 144 valence electrons. The largest absolute Gasteiger partial charge is 0.296 e. The Morgan fingerprint density at radius 1 is 1.11 bits per heavy atom. The third-order valence-electron chi connectivity index (χ3n) is 5.44. The van der Waals surface area contributed by atoms with E-state index in [1.165, 1.54) is 5.56 Å². The number of amides is 1. The molecule has 7 nitrogen and oxygen atoms in total. The van der Waals surface area contributed by atoms with E-state index in [0.29, 0.717) is 18.8 Å². The fraction of sp³-hybridized carbons (Fsp3) is 0.474. The Hall–Kier alpha value is -2.19. The summed E-state index contributed by atoms with van der Waals surface area (Å²) in [5, 5.41) is 4.10. The molecule has 1 aliphatic heterocycles. The van der Waals surface area contributed by atoms with Crippen molar-refractivity contribution in [3.05, 3.63) is 41.6 Å². The molecular weight excluding hydrogens is 364 g/mol. The van der Waals surface area contributed by atoms with Crippen molar-refractivity contribution in [2.45, 2.75) is 49.5 Å². The molecule has 0 bridgehead atoms. The zero-order valence-corrected chi connectivity index (χ0v) is 16.2. The molecule has 0 unspecified atom stereocenters. The van der Waals surface area contributed by atoms with Crippen LogP contribution in [0.15, 0.2) is 35.4 Å². The van der Waals surface area contributed by atoms with Gasteiger partial charge >= 0.3 is 0 Å². The lowest BCUT2D eigenvalue weighted by atomic mass is 9.92. The molecule has 1 fully saturated rings. The lowest BCUT2D eigenvalue weighted by molar-refractivity contribution is -0.121. The summed E-state index contributed by atoms with van der Waals surface area (Å²) in [7, 11) is -1.98. The zero-order valence-electron chi connectivity index (χ0n) is 15.4. The van der Waals surface area contributed by atoms with Gasteiger partial charge in [-0.2, -0.15) is 9.82 Å². The highest BCUT2D eigenvalue weighted by molar-refractivity contribution is 7.89. The normalized spacial score (nSPS) is 20.6. The first-order valence-electron chi connectivity index (χ1n) is 9.39. The molecule has 8 heteroatoms. The van der Waals surface area contributed by atoms with Gasteiger partial charge in [0.1, 0.15) is 11.9 Å². The van der Waals surface area contributed by atoms with Gasteiger partial charge < -0.3 is 0 Å². The van der Waals surface area contributed by atoms with Crippen LogP contribution in [0.25, 0.3) is 0 Å². The maximum absolute atomic E-state index is 12.9. The summed E-state index contributed by atoms with van der Waals surface area (Å²) in [6.45, 7) is 0.565. The fourth-order valence-electron chi connectivity index (χ4n) is 3.98. The van der Waals surface area contributed by atoms with Gasteiger partial charge in [-0.15, -0.1) is 0 Å². The van der Waals surface area contributed by atoms with Gasteiger partial charge in [-0.05, 0) is 61.8 Å². The summed E-state index contributed by atoms with van der Waals surface area (Å²) in [5.74, 6) is 0.448. The number of rotatable bonds is 4.